The van der Waals surface area contributed by atoms with E-state index in [4.69, 9.17) is 0 Å². The van der Waals surface area contributed by atoms with E-state index in [0.717, 1.165) is 25.9 Å². The summed E-state index contributed by atoms with van der Waals surface area (Å²) < 4.78 is 0. The number of hydrogen-bond acceptors (Lipinski definition) is 2. The molecule has 2 fully saturated rings. The van der Waals surface area contributed by atoms with Crippen LogP contribution in [-0.2, 0) is 11.3 Å². The van der Waals surface area contributed by atoms with E-state index in [1.807, 2.05) is 6.07 Å². The fourth-order valence-electron chi connectivity index (χ4n) is 4.14. The third kappa shape index (κ3) is 3.41. The number of carboxylic acid groups (broad SMARTS) is 1. The molecule has 116 valence electrons. The van der Waals surface area contributed by atoms with Gasteiger partial charge in [-0.3, -0.25) is 9.69 Å². The second-order valence-corrected chi connectivity index (χ2v) is 6.47. The van der Waals surface area contributed by atoms with Crippen LogP contribution >= 0.6 is 12.4 Å². The Labute approximate surface area is 132 Å². The number of carboxylic acids is 1. The normalized spacial score (nSPS) is 24.7. The van der Waals surface area contributed by atoms with Gasteiger partial charge in [0, 0.05) is 19.6 Å². The molecule has 0 radical (unpaired) electrons. The van der Waals surface area contributed by atoms with Gasteiger partial charge in [0.25, 0.3) is 0 Å². The number of halogens is 1. The van der Waals surface area contributed by atoms with Gasteiger partial charge in [0.15, 0.2) is 0 Å². The van der Waals surface area contributed by atoms with E-state index in [2.05, 4.69) is 29.2 Å². The topological polar surface area (TPSA) is 40.5 Å². The molecule has 21 heavy (non-hydrogen) atoms. The van der Waals surface area contributed by atoms with Gasteiger partial charge >= 0.3 is 5.97 Å². The SMILES string of the molecule is Cl.O=C(O)C1CN(Cc2ccccc2)CC12CCCCC2. The number of hydrogen-bond donors (Lipinski definition) is 1. The maximum Gasteiger partial charge on any atom is 0.308 e. The van der Waals surface area contributed by atoms with Crippen molar-refractivity contribution >= 4 is 18.4 Å². The summed E-state index contributed by atoms with van der Waals surface area (Å²) in [6, 6.07) is 10.4. The van der Waals surface area contributed by atoms with Crippen molar-refractivity contribution in [3.05, 3.63) is 35.9 Å². The Morgan fingerprint density at radius 3 is 2.48 bits per heavy atom. The molecule has 2 aliphatic rings. The number of carbonyl (C=O) groups is 1. The summed E-state index contributed by atoms with van der Waals surface area (Å²) in [6.07, 6.45) is 5.85. The van der Waals surface area contributed by atoms with Crippen molar-refractivity contribution in [1.29, 1.82) is 0 Å². The van der Waals surface area contributed by atoms with Crippen LogP contribution in [0.1, 0.15) is 37.7 Å². The van der Waals surface area contributed by atoms with Gasteiger partial charge < -0.3 is 5.11 Å². The lowest BCUT2D eigenvalue weighted by Gasteiger charge is -2.36. The first-order chi connectivity index (χ1) is 9.70. The Morgan fingerprint density at radius 1 is 1.19 bits per heavy atom. The number of benzene rings is 1. The third-order valence-electron chi connectivity index (χ3n) is 5.11. The molecule has 1 atom stereocenters. The first-order valence-corrected chi connectivity index (χ1v) is 7.69. The van der Waals surface area contributed by atoms with Crippen LogP contribution in [0.15, 0.2) is 30.3 Å². The summed E-state index contributed by atoms with van der Waals surface area (Å²) in [4.78, 5) is 14.0. The van der Waals surface area contributed by atoms with Crippen LogP contribution in [0.4, 0.5) is 0 Å². The molecule has 1 heterocycles. The minimum Gasteiger partial charge on any atom is -0.481 e. The van der Waals surface area contributed by atoms with E-state index in [-0.39, 0.29) is 23.7 Å². The molecule has 1 aliphatic heterocycles. The summed E-state index contributed by atoms with van der Waals surface area (Å²) in [7, 11) is 0. The smallest absolute Gasteiger partial charge is 0.308 e. The van der Waals surface area contributed by atoms with Crippen LogP contribution in [0, 0.1) is 11.3 Å². The Morgan fingerprint density at radius 2 is 1.86 bits per heavy atom. The van der Waals surface area contributed by atoms with E-state index < -0.39 is 5.97 Å². The third-order valence-corrected chi connectivity index (χ3v) is 5.11. The molecule has 1 aromatic rings. The molecule has 3 rings (SSSR count). The molecule has 1 unspecified atom stereocenters. The minimum absolute atomic E-state index is 0. The van der Waals surface area contributed by atoms with Gasteiger partial charge in [-0.05, 0) is 23.8 Å². The lowest BCUT2D eigenvalue weighted by atomic mass is 9.68. The van der Waals surface area contributed by atoms with Crippen LogP contribution in [0.25, 0.3) is 0 Å². The Kier molecular flexibility index (Phi) is 5.28. The fraction of sp³-hybridized carbons (Fsp3) is 0.588. The molecule has 1 spiro atoms. The molecule has 1 saturated heterocycles. The molecule has 1 aromatic carbocycles. The molecule has 1 aliphatic carbocycles. The van der Waals surface area contributed by atoms with Crippen LogP contribution in [0.5, 0.6) is 0 Å². The standard InChI is InChI=1S/C17H23NO2.ClH/c19-16(20)15-12-18(11-14-7-3-1-4-8-14)13-17(15)9-5-2-6-10-17;/h1,3-4,7-8,15H,2,5-6,9-13H2,(H,19,20);1H. The highest BCUT2D eigenvalue weighted by Gasteiger charge is 2.50. The predicted molar refractivity (Wildman–Crippen MR) is 85.6 cm³/mol. The molecule has 0 aromatic heterocycles. The molecule has 0 bridgehead atoms. The van der Waals surface area contributed by atoms with E-state index in [0.29, 0.717) is 6.54 Å². The zero-order valence-electron chi connectivity index (χ0n) is 12.3. The zero-order chi connectivity index (χ0) is 14.0. The number of likely N-dealkylation sites (tertiary alicyclic amines) is 1. The predicted octanol–water partition coefficient (Wildman–Crippen LogP) is 3.58. The van der Waals surface area contributed by atoms with Crippen LogP contribution in [-0.4, -0.2) is 29.1 Å². The average molecular weight is 310 g/mol. The minimum atomic E-state index is -0.595. The zero-order valence-corrected chi connectivity index (χ0v) is 13.1. The van der Waals surface area contributed by atoms with Gasteiger partial charge in [0.2, 0.25) is 0 Å². The van der Waals surface area contributed by atoms with Crippen LogP contribution in [0.2, 0.25) is 0 Å². The van der Waals surface area contributed by atoms with Gasteiger partial charge in [0.05, 0.1) is 5.92 Å². The largest absolute Gasteiger partial charge is 0.481 e. The summed E-state index contributed by atoms with van der Waals surface area (Å²) in [5.74, 6) is -0.769. The molecular weight excluding hydrogens is 286 g/mol. The maximum atomic E-state index is 11.6. The van der Waals surface area contributed by atoms with E-state index in [9.17, 15) is 9.90 Å². The van der Waals surface area contributed by atoms with Crippen molar-refractivity contribution in [3.63, 3.8) is 0 Å². The summed E-state index contributed by atoms with van der Waals surface area (Å²) in [5.41, 5.74) is 1.32. The van der Waals surface area contributed by atoms with Crippen molar-refractivity contribution < 1.29 is 9.90 Å². The van der Waals surface area contributed by atoms with Crippen molar-refractivity contribution in [3.8, 4) is 0 Å². The average Bonchev–Trinajstić information content (AvgIpc) is 2.79. The molecule has 4 heteroatoms. The number of aliphatic carboxylic acids is 1. The number of rotatable bonds is 3. The van der Waals surface area contributed by atoms with Crippen LogP contribution in [0.3, 0.4) is 0 Å². The first kappa shape index (κ1) is 16.3. The molecule has 1 N–H and O–H groups in total. The van der Waals surface area contributed by atoms with Crippen molar-refractivity contribution in [1.82, 2.24) is 4.90 Å². The van der Waals surface area contributed by atoms with Gasteiger partial charge in [-0.1, -0.05) is 49.6 Å². The van der Waals surface area contributed by atoms with Crippen molar-refractivity contribution in [2.24, 2.45) is 11.3 Å². The second kappa shape index (κ2) is 6.80. The fourth-order valence-corrected chi connectivity index (χ4v) is 4.14. The van der Waals surface area contributed by atoms with E-state index >= 15 is 0 Å². The molecule has 3 nitrogen and oxygen atoms in total. The van der Waals surface area contributed by atoms with Gasteiger partial charge in [-0.15, -0.1) is 12.4 Å². The van der Waals surface area contributed by atoms with Gasteiger partial charge in [-0.2, -0.15) is 0 Å². The molecular formula is C17H24ClNO2. The van der Waals surface area contributed by atoms with Crippen molar-refractivity contribution in [2.45, 2.75) is 38.6 Å². The highest BCUT2D eigenvalue weighted by Crippen LogP contribution is 2.47. The van der Waals surface area contributed by atoms with E-state index in [1.165, 1.54) is 24.8 Å². The molecule has 0 amide bonds. The van der Waals surface area contributed by atoms with Gasteiger partial charge in [0.1, 0.15) is 0 Å². The van der Waals surface area contributed by atoms with Crippen LogP contribution < -0.4 is 0 Å². The Balaban J connectivity index is 0.00000161. The Bertz CT molecular complexity index is 471. The summed E-state index contributed by atoms with van der Waals surface area (Å²) in [6.45, 7) is 2.55. The highest BCUT2D eigenvalue weighted by atomic mass is 35.5. The Hall–Kier alpha value is -1.06. The number of nitrogens with zero attached hydrogens (tertiary/aromatic N) is 1. The monoisotopic (exact) mass is 309 g/mol. The molecule has 1 saturated carbocycles. The quantitative estimate of drug-likeness (QED) is 0.928. The maximum absolute atomic E-state index is 11.6. The van der Waals surface area contributed by atoms with Gasteiger partial charge in [-0.25, -0.2) is 0 Å². The lowest BCUT2D eigenvalue weighted by molar-refractivity contribution is -0.145. The van der Waals surface area contributed by atoms with E-state index in [1.54, 1.807) is 0 Å². The summed E-state index contributed by atoms with van der Waals surface area (Å²) >= 11 is 0. The second-order valence-electron chi connectivity index (χ2n) is 6.47. The highest BCUT2D eigenvalue weighted by molar-refractivity contribution is 5.85. The summed E-state index contributed by atoms with van der Waals surface area (Å²) in [5, 5.41) is 9.59. The lowest BCUT2D eigenvalue weighted by Crippen LogP contribution is -2.36. The first-order valence-electron chi connectivity index (χ1n) is 7.69. The van der Waals surface area contributed by atoms with Crippen molar-refractivity contribution in [2.75, 3.05) is 13.1 Å².